The highest BCUT2D eigenvalue weighted by Crippen LogP contribution is 2.39. The lowest BCUT2D eigenvalue weighted by molar-refractivity contribution is -0.137. The fourth-order valence-corrected chi connectivity index (χ4v) is 4.00. The van der Waals surface area contributed by atoms with Crippen molar-refractivity contribution in [2.24, 2.45) is 0 Å². The van der Waals surface area contributed by atoms with Gasteiger partial charge < -0.3 is 15.2 Å². The van der Waals surface area contributed by atoms with Crippen LogP contribution in [0.5, 0.6) is 11.5 Å². The molecule has 5 nitrogen and oxygen atoms in total. The minimum Gasteiger partial charge on any atom is -0.481 e. The van der Waals surface area contributed by atoms with E-state index in [2.05, 4.69) is 5.32 Å². The second-order valence-corrected chi connectivity index (χ2v) is 7.89. The number of carbonyl (C=O) groups excluding carboxylic acids is 1. The minimum absolute atomic E-state index is 0.0522. The lowest BCUT2D eigenvalue weighted by atomic mass is 9.92. The van der Waals surface area contributed by atoms with Crippen LogP contribution in [0.25, 0.3) is 11.1 Å². The van der Waals surface area contributed by atoms with Gasteiger partial charge in [-0.1, -0.05) is 12.1 Å². The largest absolute Gasteiger partial charge is 0.481 e. The molecule has 7 heteroatoms. The lowest BCUT2D eigenvalue weighted by Crippen LogP contribution is -2.32. The molecule has 1 atom stereocenters. The van der Waals surface area contributed by atoms with Gasteiger partial charge in [-0.3, -0.25) is 9.59 Å². The van der Waals surface area contributed by atoms with Gasteiger partial charge >= 0.3 is 5.97 Å². The van der Waals surface area contributed by atoms with Crippen molar-refractivity contribution in [3.05, 3.63) is 82.4 Å². The molecule has 1 aliphatic heterocycles. The summed E-state index contributed by atoms with van der Waals surface area (Å²) in [5.41, 5.74) is 2.62. The summed E-state index contributed by atoms with van der Waals surface area (Å²) < 4.78 is 35.6. The van der Waals surface area contributed by atoms with Crippen LogP contribution in [0.15, 0.2) is 48.5 Å². The molecule has 32 heavy (non-hydrogen) atoms. The van der Waals surface area contributed by atoms with Crippen LogP contribution in [0, 0.1) is 25.5 Å². The molecule has 0 aliphatic carbocycles. The molecule has 2 N–H and O–H groups in total. The number of hydrogen-bond donors (Lipinski definition) is 2. The normalized spacial score (nSPS) is 15.4. The molecular weight excluding hydrogens is 416 g/mol. The van der Waals surface area contributed by atoms with Gasteiger partial charge in [-0.15, -0.1) is 0 Å². The average molecular weight is 437 g/mol. The third-order valence-electron chi connectivity index (χ3n) is 5.49. The smallest absolute Gasteiger partial charge is 0.305 e. The SMILES string of the molecule is Cc1cc2cc(c1F)[C@H](CC(=O)O)NC(=O)Cc1cc(ccc1F)Oc1cccc(C)c1-2. The first-order valence-corrected chi connectivity index (χ1v) is 10.1. The predicted octanol–water partition coefficient (Wildman–Crippen LogP) is 5.23. The molecule has 0 radical (unpaired) electrons. The Hall–Kier alpha value is -3.74. The summed E-state index contributed by atoms with van der Waals surface area (Å²) in [5, 5.41) is 12.0. The van der Waals surface area contributed by atoms with Crippen molar-refractivity contribution >= 4 is 11.9 Å². The van der Waals surface area contributed by atoms with E-state index in [4.69, 9.17) is 4.74 Å². The summed E-state index contributed by atoms with van der Waals surface area (Å²) in [6, 6.07) is 11.6. The minimum atomic E-state index is -1.20. The van der Waals surface area contributed by atoms with Crippen molar-refractivity contribution in [2.45, 2.75) is 32.7 Å². The van der Waals surface area contributed by atoms with Crippen LogP contribution in [0.3, 0.4) is 0 Å². The van der Waals surface area contributed by atoms with Gasteiger partial charge in [0.2, 0.25) is 5.91 Å². The molecule has 0 unspecified atom stereocenters. The molecular formula is C25H21F2NO4. The van der Waals surface area contributed by atoms with Crippen LogP contribution in [-0.4, -0.2) is 17.0 Å². The van der Waals surface area contributed by atoms with Gasteiger partial charge in [0.05, 0.1) is 18.9 Å². The van der Waals surface area contributed by atoms with Crippen molar-refractivity contribution < 1.29 is 28.2 Å². The summed E-state index contributed by atoms with van der Waals surface area (Å²) in [6.07, 6.45) is -0.870. The summed E-state index contributed by atoms with van der Waals surface area (Å²) in [6.45, 7) is 3.46. The summed E-state index contributed by atoms with van der Waals surface area (Å²) in [5.74, 6) is -2.19. The number of halogens is 2. The first-order valence-electron chi connectivity index (χ1n) is 10.1. The van der Waals surface area contributed by atoms with E-state index < -0.39 is 36.0 Å². The number of nitrogens with one attached hydrogen (secondary N) is 1. The van der Waals surface area contributed by atoms with Gasteiger partial charge in [0.1, 0.15) is 23.1 Å². The van der Waals surface area contributed by atoms with Gasteiger partial charge in [0.25, 0.3) is 0 Å². The highest BCUT2D eigenvalue weighted by Gasteiger charge is 2.25. The number of carbonyl (C=O) groups is 2. The number of aliphatic carboxylic acids is 1. The maximum absolute atomic E-state index is 15.1. The maximum atomic E-state index is 15.1. The van der Waals surface area contributed by atoms with E-state index >= 15 is 4.39 Å². The number of benzene rings is 3. The monoisotopic (exact) mass is 437 g/mol. The third-order valence-corrected chi connectivity index (χ3v) is 5.49. The maximum Gasteiger partial charge on any atom is 0.305 e. The van der Waals surface area contributed by atoms with Gasteiger partial charge in [0.15, 0.2) is 0 Å². The van der Waals surface area contributed by atoms with Crippen LogP contribution >= 0.6 is 0 Å². The van der Waals surface area contributed by atoms with Crippen LogP contribution in [0.2, 0.25) is 0 Å². The highest BCUT2D eigenvalue weighted by molar-refractivity contribution is 5.81. The van der Waals surface area contributed by atoms with Crippen molar-refractivity contribution in [3.63, 3.8) is 0 Å². The number of ether oxygens (including phenoxy) is 1. The van der Waals surface area contributed by atoms with E-state index in [1.54, 1.807) is 25.1 Å². The Labute approximate surface area is 183 Å². The topological polar surface area (TPSA) is 75.6 Å². The van der Waals surface area contributed by atoms with E-state index in [1.165, 1.54) is 18.2 Å². The second-order valence-electron chi connectivity index (χ2n) is 7.89. The zero-order valence-corrected chi connectivity index (χ0v) is 17.5. The van der Waals surface area contributed by atoms with Crippen molar-refractivity contribution in [2.75, 3.05) is 0 Å². The zero-order valence-electron chi connectivity index (χ0n) is 17.5. The van der Waals surface area contributed by atoms with Crippen LogP contribution in [-0.2, 0) is 16.0 Å². The molecule has 1 heterocycles. The Morgan fingerprint density at radius 3 is 2.66 bits per heavy atom. The Morgan fingerprint density at radius 1 is 1.12 bits per heavy atom. The number of amides is 1. The average Bonchev–Trinajstić information content (AvgIpc) is 2.72. The third kappa shape index (κ3) is 4.19. The van der Waals surface area contributed by atoms with E-state index in [0.29, 0.717) is 28.2 Å². The predicted molar refractivity (Wildman–Crippen MR) is 115 cm³/mol. The van der Waals surface area contributed by atoms with E-state index in [-0.39, 0.29) is 17.5 Å². The molecule has 164 valence electrons. The van der Waals surface area contributed by atoms with Crippen molar-refractivity contribution in [3.8, 4) is 22.6 Å². The molecule has 4 rings (SSSR count). The van der Waals surface area contributed by atoms with Gasteiger partial charge in [-0.2, -0.15) is 0 Å². The highest BCUT2D eigenvalue weighted by atomic mass is 19.1. The van der Waals surface area contributed by atoms with Crippen molar-refractivity contribution in [1.82, 2.24) is 5.32 Å². The zero-order chi connectivity index (χ0) is 23.0. The summed E-state index contributed by atoms with van der Waals surface area (Å²) in [7, 11) is 0. The number of carboxylic acids is 1. The molecule has 3 aromatic rings. The van der Waals surface area contributed by atoms with Gasteiger partial charge in [-0.25, -0.2) is 8.78 Å². The van der Waals surface area contributed by atoms with Gasteiger partial charge in [-0.05, 0) is 66.9 Å². The molecule has 0 spiro atoms. The Balaban J connectivity index is 1.99. The molecule has 1 aliphatic rings. The Morgan fingerprint density at radius 2 is 1.91 bits per heavy atom. The summed E-state index contributed by atoms with van der Waals surface area (Å²) >= 11 is 0. The number of hydrogen-bond acceptors (Lipinski definition) is 3. The molecule has 1 amide bonds. The number of aryl methyl sites for hydroxylation is 2. The fourth-order valence-electron chi connectivity index (χ4n) is 4.00. The number of rotatable bonds is 2. The first-order chi connectivity index (χ1) is 15.2. The quantitative estimate of drug-likeness (QED) is 0.576. The fraction of sp³-hybridized carbons (Fsp3) is 0.200. The molecule has 0 fully saturated rings. The number of fused-ring (bicyclic) bond motifs is 6. The molecule has 0 saturated heterocycles. The molecule has 3 aromatic carbocycles. The van der Waals surface area contributed by atoms with E-state index in [9.17, 15) is 19.1 Å². The second kappa shape index (κ2) is 8.42. The molecule has 0 saturated carbocycles. The number of carboxylic acid groups (broad SMARTS) is 1. The van der Waals surface area contributed by atoms with E-state index in [1.807, 2.05) is 19.1 Å². The Bertz CT molecular complexity index is 1240. The summed E-state index contributed by atoms with van der Waals surface area (Å²) in [4.78, 5) is 24.2. The first kappa shape index (κ1) is 21.5. The standard InChI is InChI=1S/C25H21F2NO4/c1-13-4-3-5-21-24(13)16-8-14(2)25(27)18(10-16)20(12-23(30)31)28-22(29)11-15-9-17(32-21)6-7-19(15)26/h3-10,20H,11-12H2,1-2H3,(H,28,29)(H,30,31)/t20-/m0/s1. The van der Waals surface area contributed by atoms with Crippen molar-refractivity contribution in [1.29, 1.82) is 0 Å². The Kier molecular flexibility index (Phi) is 5.65. The molecule has 0 aromatic heterocycles. The van der Waals surface area contributed by atoms with Crippen LogP contribution in [0.4, 0.5) is 8.78 Å². The molecule has 4 bridgehead atoms. The van der Waals surface area contributed by atoms with Crippen LogP contribution in [0.1, 0.15) is 34.7 Å². The van der Waals surface area contributed by atoms with Crippen LogP contribution < -0.4 is 10.1 Å². The van der Waals surface area contributed by atoms with E-state index in [0.717, 1.165) is 5.56 Å². The lowest BCUT2D eigenvalue weighted by Gasteiger charge is -2.21. The van der Waals surface area contributed by atoms with Gasteiger partial charge in [0, 0.05) is 16.7 Å².